The van der Waals surface area contributed by atoms with Crippen molar-refractivity contribution in [3.63, 3.8) is 0 Å². The molecule has 7 nitrogen and oxygen atoms in total. The van der Waals surface area contributed by atoms with Gasteiger partial charge in [-0.1, -0.05) is 20.8 Å². The Balaban J connectivity index is 2.23. The lowest BCUT2D eigenvalue weighted by Crippen LogP contribution is -2.36. The normalized spacial score (nSPS) is 21.3. The fraction of sp³-hybridized carbons (Fsp3) is 0.625. The lowest BCUT2D eigenvalue weighted by Gasteiger charge is -2.23. The molecule has 0 saturated carbocycles. The van der Waals surface area contributed by atoms with Crippen LogP contribution in [0.3, 0.4) is 0 Å². The summed E-state index contributed by atoms with van der Waals surface area (Å²) in [6.07, 6.45) is 3.80. The number of hydrogen-bond acceptors (Lipinski definition) is 5. The summed E-state index contributed by atoms with van der Waals surface area (Å²) in [4.78, 5) is 35.0. The number of amides is 2. The van der Waals surface area contributed by atoms with Gasteiger partial charge in [0.25, 0.3) is 5.91 Å². The molecule has 1 fully saturated rings. The predicted molar refractivity (Wildman–Crippen MR) is 87.8 cm³/mol. The first kappa shape index (κ1) is 17.3. The molecule has 1 aliphatic heterocycles. The van der Waals surface area contributed by atoms with Gasteiger partial charge in [-0.15, -0.1) is 0 Å². The molecule has 126 valence electrons. The molecule has 2 rings (SSSR count). The summed E-state index contributed by atoms with van der Waals surface area (Å²) >= 11 is 0. The largest absolute Gasteiger partial charge is 0.334 e. The third-order valence-electron chi connectivity index (χ3n) is 4.07. The molecule has 0 aliphatic carbocycles. The van der Waals surface area contributed by atoms with Crippen molar-refractivity contribution in [2.24, 2.45) is 17.1 Å². The van der Waals surface area contributed by atoms with Crippen LogP contribution in [0.5, 0.6) is 0 Å². The first-order valence-electron chi connectivity index (χ1n) is 7.87. The maximum Gasteiger partial charge on any atom is 0.276 e. The fourth-order valence-corrected chi connectivity index (χ4v) is 2.61. The highest BCUT2D eigenvalue weighted by atomic mass is 16.2. The zero-order valence-electron chi connectivity index (χ0n) is 14.2. The number of nitrogens with two attached hydrogens (primary N) is 1. The Morgan fingerprint density at radius 3 is 2.57 bits per heavy atom. The van der Waals surface area contributed by atoms with E-state index in [2.05, 4.69) is 15.3 Å². The summed E-state index contributed by atoms with van der Waals surface area (Å²) < 4.78 is 0. The molecule has 1 aliphatic rings. The molecule has 0 spiro atoms. The Morgan fingerprint density at radius 1 is 1.35 bits per heavy atom. The van der Waals surface area contributed by atoms with E-state index >= 15 is 0 Å². The molecule has 2 amide bonds. The van der Waals surface area contributed by atoms with E-state index in [1.807, 2.05) is 6.92 Å². The smallest absolute Gasteiger partial charge is 0.276 e. The second kappa shape index (κ2) is 6.62. The second-order valence-corrected chi connectivity index (χ2v) is 7.10. The van der Waals surface area contributed by atoms with Crippen LogP contribution in [-0.2, 0) is 4.79 Å². The summed E-state index contributed by atoms with van der Waals surface area (Å²) in [5.74, 6) is 0.0891. The van der Waals surface area contributed by atoms with Crippen molar-refractivity contribution >= 4 is 17.6 Å². The number of carbonyl (C=O) groups excluding carboxylic acids is 2. The maximum atomic E-state index is 12.8. The van der Waals surface area contributed by atoms with E-state index in [1.54, 1.807) is 25.7 Å². The Kier molecular flexibility index (Phi) is 4.99. The number of carbonyl (C=O) groups is 2. The SMILES string of the molecule is CC1CC(CN)CN1C(=O)c1nccnc1NC(=O)C(C)(C)C. The third kappa shape index (κ3) is 3.85. The number of hydrogen-bond donors (Lipinski definition) is 2. The van der Waals surface area contributed by atoms with E-state index in [9.17, 15) is 9.59 Å². The van der Waals surface area contributed by atoms with E-state index in [-0.39, 0.29) is 29.4 Å². The Bertz CT molecular complexity index is 596. The van der Waals surface area contributed by atoms with Gasteiger partial charge in [0.15, 0.2) is 11.5 Å². The van der Waals surface area contributed by atoms with Crippen LogP contribution in [0.15, 0.2) is 12.4 Å². The van der Waals surface area contributed by atoms with Gasteiger partial charge in [-0.3, -0.25) is 9.59 Å². The number of nitrogens with zero attached hydrogens (tertiary/aromatic N) is 3. The van der Waals surface area contributed by atoms with Crippen molar-refractivity contribution in [2.75, 3.05) is 18.4 Å². The lowest BCUT2D eigenvalue weighted by atomic mass is 9.96. The minimum absolute atomic E-state index is 0.101. The van der Waals surface area contributed by atoms with Crippen molar-refractivity contribution in [1.29, 1.82) is 0 Å². The van der Waals surface area contributed by atoms with Crippen LogP contribution in [0, 0.1) is 11.3 Å². The highest BCUT2D eigenvalue weighted by Crippen LogP contribution is 2.25. The number of rotatable bonds is 3. The van der Waals surface area contributed by atoms with Crippen molar-refractivity contribution in [3.05, 3.63) is 18.1 Å². The minimum atomic E-state index is -0.580. The van der Waals surface area contributed by atoms with Crippen LogP contribution in [0.4, 0.5) is 5.82 Å². The quantitative estimate of drug-likeness (QED) is 0.873. The molecule has 2 unspecified atom stereocenters. The summed E-state index contributed by atoms with van der Waals surface area (Å²) in [6, 6.07) is 0.101. The zero-order valence-corrected chi connectivity index (χ0v) is 14.2. The van der Waals surface area contributed by atoms with E-state index in [0.29, 0.717) is 19.0 Å². The molecule has 23 heavy (non-hydrogen) atoms. The molecule has 3 N–H and O–H groups in total. The van der Waals surface area contributed by atoms with Gasteiger partial charge in [0.05, 0.1) is 0 Å². The molecule has 1 aromatic heterocycles. The lowest BCUT2D eigenvalue weighted by molar-refractivity contribution is -0.123. The molecule has 2 atom stereocenters. The Labute approximate surface area is 136 Å². The number of nitrogens with one attached hydrogen (secondary N) is 1. The third-order valence-corrected chi connectivity index (χ3v) is 4.07. The predicted octanol–water partition coefficient (Wildman–Crippen LogP) is 1.27. The molecule has 7 heteroatoms. The van der Waals surface area contributed by atoms with Gasteiger partial charge in [-0.25, -0.2) is 9.97 Å². The van der Waals surface area contributed by atoms with Crippen molar-refractivity contribution in [3.8, 4) is 0 Å². The molecule has 0 aromatic carbocycles. The molecule has 0 bridgehead atoms. The molecule has 1 aromatic rings. The van der Waals surface area contributed by atoms with Gasteiger partial charge in [0.1, 0.15) is 0 Å². The van der Waals surface area contributed by atoms with E-state index < -0.39 is 5.41 Å². The highest BCUT2D eigenvalue weighted by Gasteiger charge is 2.34. The Morgan fingerprint density at radius 2 is 2.00 bits per heavy atom. The van der Waals surface area contributed by atoms with Gasteiger partial charge in [0, 0.05) is 30.4 Å². The van der Waals surface area contributed by atoms with Gasteiger partial charge in [0.2, 0.25) is 5.91 Å². The van der Waals surface area contributed by atoms with Crippen LogP contribution in [-0.4, -0.2) is 45.8 Å². The number of likely N-dealkylation sites (tertiary alicyclic amines) is 1. The second-order valence-electron chi connectivity index (χ2n) is 7.10. The number of aromatic nitrogens is 2. The molecule has 1 saturated heterocycles. The van der Waals surface area contributed by atoms with E-state index in [1.165, 1.54) is 12.4 Å². The van der Waals surface area contributed by atoms with Crippen LogP contribution in [0.2, 0.25) is 0 Å². The molecular weight excluding hydrogens is 294 g/mol. The average Bonchev–Trinajstić information content (AvgIpc) is 2.87. The van der Waals surface area contributed by atoms with Gasteiger partial charge in [-0.2, -0.15) is 0 Å². The average molecular weight is 319 g/mol. The number of anilines is 1. The molecule has 2 heterocycles. The summed E-state index contributed by atoms with van der Waals surface area (Å²) in [5, 5.41) is 2.71. The van der Waals surface area contributed by atoms with Crippen LogP contribution in [0.1, 0.15) is 44.6 Å². The van der Waals surface area contributed by atoms with Crippen LogP contribution in [0.25, 0.3) is 0 Å². The van der Waals surface area contributed by atoms with Crippen LogP contribution >= 0.6 is 0 Å². The molecule has 0 radical (unpaired) electrons. The first-order chi connectivity index (χ1) is 10.7. The van der Waals surface area contributed by atoms with Gasteiger partial charge < -0.3 is 16.0 Å². The maximum absolute atomic E-state index is 12.8. The summed E-state index contributed by atoms with van der Waals surface area (Å²) in [6.45, 7) is 8.57. The monoisotopic (exact) mass is 319 g/mol. The summed E-state index contributed by atoms with van der Waals surface area (Å²) in [5.41, 5.74) is 5.31. The minimum Gasteiger partial charge on any atom is -0.334 e. The zero-order chi connectivity index (χ0) is 17.2. The van der Waals surface area contributed by atoms with Gasteiger partial charge in [-0.05, 0) is 25.8 Å². The molecular formula is C16H25N5O2. The fourth-order valence-electron chi connectivity index (χ4n) is 2.61. The Hall–Kier alpha value is -2.02. The first-order valence-corrected chi connectivity index (χ1v) is 7.87. The van der Waals surface area contributed by atoms with Gasteiger partial charge >= 0.3 is 0 Å². The summed E-state index contributed by atoms with van der Waals surface area (Å²) in [7, 11) is 0. The topological polar surface area (TPSA) is 101 Å². The van der Waals surface area contributed by atoms with Crippen molar-refractivity contribution < 1.29 is 9.59 Å². The van der Waals surface area contributed by atoms with Crippen molar-refractivity contribution in [2.45, 2.75) is 40.2 Å². The van der Waals surface area contributed by atoms with Crippen molar-refractivity contribution in [1.82, 2.24) is 14.9 Å². The van der Waals surface area contributed by atoms with E-state index in [4.69, 9.17) is 5.73 Å². The van der Waals surface area contributed by atoms with Crippen LogP contribution < -0.4 is 11.1 Å². The highest BCUT2D eigenvalue weighted by molar-refractivity contribution is 6.02. The van der Waals surface area contributed by atoms with E-state index in [0.717, 1.165) is 6.42 Å². The standard InChI is InChI=1S/C16H25N5O2/c1-10-7-11(8-17)9-21(10)14(22)12-13(19-6-5-18-12)20-15(23)16(2,3)4/h5-6,10-11H,7-9,17H2,1-4H3,(H,19,20,23).